The molecule has 0 spiro atoms. The van der Waals surface area contributed by atoms with Crippen LogP contribution in [0.25, 0.3) is 0 Å². The highest BCUT2D eigenvalue weighted by Crippen LogP contribution is 2.11. The molecular weight excluding hydrogens is 124 g/mol. The second kappa shape index (κ2) is 3.28. The van der Waals surface area contributed by atoms with Crippen LogP contribution in [0.2, 0.25) is 0 Å². The molecule has 0 radical (unpaired) electrons. The molecule has 4 N–H and O–H groups in total. The van der Waals surface area contributed by atoms with Gasteiger partial charge in [-0.05, 0) is 6.42 Å². The second-order valence-corrected chi connectivity index (χ2v) is 2.74. The summed E-state index contributed by atoms with van der Waals surface area (Å²) in [5.74, 6) is 0. The van der Waals surface area contributed by atoms with Crippen molar-refractivity contribution in [3.63, 3.8) is 0 Å². The van der Waals surface area contributed by atoms with E-state index in [2.05, 4.69) is 0 Å². The minimum absolute atomic E-state index is 0.350. The van der Waals surface area contributed by atoms with Crippen molar-refractivity contribution in [1.82, 2.24) is 0 Å². The van der Waals surface area contributed by atoms with Crippen LogP contribution in [0.15, 0.2) is 0 Å². The quantitative estimate of drug-likeness (QED) is 0.442. The molecule has 0 aromatic heterocycles. The Balaban J connectivity index is 3.37. The number of halogens is 1. The highest BCUT2D eigenvalue weighted by atomic mass is 35.5. The number of nitrogens with two attached hydrogens (primary N) is 2. The maximum absolute atomic E-state index is 5.67. The molecule has 8 heavy (non-hydrogen) atoms. The van der Waals surface area contributed by atoms with Crippen LogP contribution in [-0.4, -0.2) is 11.5 Å². The maximum Gasteiger partial charge on any atom is 0.103 e. The van der Waals surface area contributed by atoms with Gasteiger partial charge in [0.05, 0.1) is 0 Å². The van der Waals surface area contributed by atoms with Crippen molar-refractivity contribution in [1.29, 1.82) is 0 Å². The van der Waals surface area contributed by atoms with Crippen molar-refractivity contribution in [2.24, 2.45) is 11.5 Å². The molecule has 2 nitrogen and oxygen atoms in total. The van der Waals surface area contributed by atoms with Gasteiger partial charge in [-0.15, -0.1) is 11.6 Å². The predicted molar refractivity (Wildman–Crippen MR) is 36.7 cm³/mol. The molecule has 0 amide bonds. The largest absolute Gasteiger partial charge is 0.328 e. The van der Waals surface area contributed by atoms with Gasteiger partial charge in [0, 0.05) is 6.54 Å². The summed E-state index contributed by atoms with van der Waals surface area (Å²) in [6, 6.07) is 0. The SMILES string of the molecule is CCCC(N)(Cl)CN. The molecule has 0 aliphatic heterocycles. The predicted octanol–water partition coefficient (Wildman–Crippen LogP) is 0.639. The monoisotopic (exact) mass is 136 g/mol. The summed E-state index contributed by atoms with van der Waals surface area (Å²) in [7, 11) is 0. The fourth-order valence-electron chi connectivity index (χ4n) is 0.518. The van der Waals surface area contributed by atoms with Crippen LogP contribution in [0.3, 0.4) is 0 Å². The Kier molecular flexibility index (Phi) is 3.36. The van der Waals surface area contributed by atoms with Crippen LogP contribution >= 0.6 is 11.6 Å². The zero-order valence-corrected chi connectivity index (χ0v) is 5.91. The van der Waals surface area contributed by atoms with Gasteiger partial charge in [0.2, 0.25) is 0 Å². The van der Waals surface area contributed by atoms with Gasteiger partial charge >= 0.3 is 0 Å². The lowest BCUT2D eigenvalue weighted by molar-refractivity contribution is 0.550. The van der Waals surface area contributed by atoms with Crippen LogP contribution < -0.4 is 11.5 Å². The van der Waals surface area contributed by atoms with E-state index in [0.717, 1.165) is 12.8 Å². The standard InChI is InChI=1S/C5H13ClN2/c1-2-3-5(6,8)4-7/h2-4,7-8H2,1H3. The molecule has 1 atom stereocenters. The van der Waals surface area contributed by atoms with E-state index in [-0.39, 0.29) is 0 Å². The van der Waals surface area contributed by atoms with Gasteiger partial charge in [0.15, 0.2) is 0 Å². The Morgan fingerprint density at radius 1 is 1.62 bits per heavy atom. The molecule has 0 saturated carbocycles. The highest BCUT2D eigenvalue weighted by Gasteiger charge is 2.16. The molecule has 1 unspecified atom stereocenters. The fourth-order valence-corrected chi connectivity index (χ4v) is 0.707. The van der Waals surface area contributed by atoms with E-state index < -0.39 is 5.00 Å². The van der Waals surface area contributed by atoms with Gasteiger partial charge in [0.25, 0.3) is 0 Å². The van der Waals surface area contributed by atoms with E-state index >= 15 is 0 Å². The van der Waals surface area contributed by atoms with Crippen molar-refractivity contribution in [3.8, 4) is 0 Å². The van der Waals surface area contributed by atoms with Crippen LogP contribution in [0.4, 0.5) is 0 Å². The van der Waals surface area contributed by atoms with E-state index in [0.29, 0.717) is 6.54 Å². The van der Waals surface area contributed by atoms with Crippen LogP contribution in [0.5, 0.6) is 0 Å². The third-order valence-electron chi connectivity index (χ3n) is 1.00. The summed E-state index contributed by atoms with van der Waals surface area (Å²) in [6.45, 7) is 2.38. The Morgan fingerprint density at radius 2 is 2.12 bits per heavy atom. The van der Waals surface area contributed by atoms with Crippen LogP contribution in [0, 0.1) is 0 Å². The summed E-state index contributed by atoms with van der Waals surface area (Å²) < 4.78 is 0. The first-order valence-corrected chi connectivity index (χ1v) is 3.18. The zero-order valence-electron chi connectivity index (χ0n) is 5.15. The molecule has 0 rings (SSSR count). The van der Waals surface area contributed by atoms with E-state index in [4.69, 9.17) is 23.1 Å². The average Bonchev–Trinajstić information content (AvgIpc) is 1.67. The van der Waals surface area contributed by atoms with Gasteiger partial charge in [-0.25, -0.2) is 0 Å². The molecule has 0 fully saturated rings. The summed E-state index contributed by atoms with van der Waals surface area (Å²) in [5.41, 5.74) is 10.7. The summed E-state index contributed by atoms with van der Waals surface area (Å²) in [5, 5.41) is 0. The Bertz CT molecular complexity index is 63.4. The van der Waals surface area contributed by atoms with Gasteiger partial charge in [-0.1, -0.05) is 13.3 Å². The molecule has 50 valence electrons. The fraction of sp³-hybridized carbons (Fsp3) is 1.00. The molecule has 0 aromatic carbocycles. The number of rotatable bonds is 3. The summed E-state index contributed by atoms with van der Waals surface area (Å²) in [4.78, 5) is -0.658. The van der Waals surface area contributed by atoms with Crippen molar-refractivity contribution in [3.05, 3.63) is 0 Å². The lowest BCUT2D eigenvalue weighted by Crippen LogP contribution is -2.40. The summed E-state index contributed by atoms with van der Waals surface area (Å²) >= 11 is 5.67. The average molecular weight is 137 g/mol. The third-order valence-corrected chi connectivity index (χ3v) is 1.35. The zero-order chi connectivity index (χ0) is 6.62. The molecule has 0 aliphatic rings. The van der Waals surface area contributed by atoms with Gasteiger partial charge in [-0.3, -0.25) is 0 Å². The van der Waals surface area contributed by atoms with Gasteiger partial charge in [-0.2, -0.15) is 0 Å². The first-order valence-electron chi connectivity index (χ1n) is 2.80. The molecule has 0 aromatic rings. The maximum atomic E-state index is 5.67. The number of hydrogen-bond acceptors (Lipinski definition) is 2. The van der Waals surface area contributed by atoms with E-state index in [1.807, 2.05) is 6.92 Å². The Labute approximate surface area is 55.2 Å². The first kappa shape index (κ1) is 8.21. The molecule has 0 aliphatic carbocycles. The van der Waals surface area contributed by atoms with Crippen LogP contribution in [-0.2, 0) is 0 Å². The third kappa shape index (κ3) is 3.24. The molecule has 0 heterocycles. The van der Waals surface area contributed by atoms with Crippen molar-refractivity contribution in [2.75, 3.05) is 6.54 Å². The highest BCUT2D eigenvalue weighted by molar-refractivity contribution is 6.23. The Hall–Kier alpha value is 0.210. The lowest BCUT2D eigenvalue weighted by atomic mass is 10.2. The molecule has 0 bridgehead atoms. The number of hydrogen-bond donors (Lipinski definition) is 2. The molecule has 0 saturated heterocycles. The topological polar surface area (TPSA) is 52.0 Å². The first-order chi connectivity index (χ1) is 3.62. The normalized spacial score (nSPS) is 18.0. The van der Waals surface area contributed by atoms with Crippen molar-refractivity contribution in [2.45, 2.75) is 24.8 Å². The van der Waals surface area contributed by atoms with E-state index in [1.54, 1.807) is 0 Å². The molecule has 3 heteroatoms. The lowest BCUT2D eigenvalue weighted by Gasteiger charge is -2.17. The second-order valence-electron chi connectivity index (χ2n) is 1.99. The van der Waals surface area contributed by atoms with Crippen LogP contribution in [0.1, 0.15) is 19.8 Å². The van der Waals surface area contributed by atoms with E-state index in [1.165, 1.54) is 0 Å². The van der Waals surface area contributed by atoms with Crippen molar-refractivity contribution >= 4 is 11.6 Å². The van der Waals surface area contributed by atoms with Gasteiger partial charge < -0.3 is 11.5 Å². The Morgan fingerprint density at radius 3 is 2.25 bits per heavy atom. The van der Waals surface area contributed by atoms with E-state index in [9.17, 15) is 0 Å². The molecular formula is C5H13ClN2. The summed E-state index contributed by atoms with van der Waals surface area (Å²) in [6.07, 6.45) is 1.77. The smallest absolute Gasteiger partial charge is 0.103 e. The minimum Gasteiger partial charge on any atom is -0.328 e. The number of alkyl halides is 1. The van der Waals surface area contributed by atoms with Crippen molar-refractivity contribution < 1.29 is 0 Å². The minimum atomic E-state index is -0.658. The van der Waals surface area contributed by atoms with Gasteiger partial charge in [0.1, 0.15) is 5.00 Å².